The largest absolute Gasteiger partial charge is 0.493 e. The predicted molar refractivity (Wildman–Crippen MR) is 122 cm³/mol. The smallest absolute Gasteiger partial charge is 0.211 e. The van der Waals surface area contributed by atoms with Crippen LogP contribution in [0.5, 0.6) is 11.5 Å². The average molecular weight is 435 g/mol. The number of nitriles is 2. The number of para-hydroxylation sites is 1. The topological polar surface area (TPSA) is 167 Å². The molecule has 0 saturated heterocycles. The van der Waals surface area contributed by atoms with E-state index in [9.17, 15) is 5.26 Å². The summed E-state index contributed by atoms with van der Waals surface area (Å²) in [5, 5.41) is 24.0. The number of benzene rings is 1. The number of nitrogens with zero attached hydrogens (tertiary/aromatic N) is 4. The lowest BCUT2D eigenvalue weighted by molar-refractivity contribution is 0.281. The van der Waals surface area contributed by atoms with Gasteiger partial charge in [0.1, 0.15) is 29.3 Å². The highest BCUT2D eigenvalue weighted by atomic mass is 16.5. The Morgan fingerprint density at radius 2 is 2.03 bits per heavy atom. The molecule has 1 unspecified atom stereocenters. The van der Waals surface area contributed by atoms with Crippen molar-refractivity contribution < 1.29 is 9.47 Å². The van der Waals surface area contributed by atoms with Crippen molar-refractivity contribution in [2.45, 2.75) is 38.6 Å². The van der Waals surface area contributed by atoms with Crippen molar-refractivity contribution in [3.05, 3.63) is 34.9 Å². The van der Waals surface area contributed by atoms with Gasteiger partial charge in [-0.2, -0.15) is 10.5 Å². The van der Waals surface area contributed by atoms with Crippen LogP contribution < -0.4 is 31.6 Å². The van der Waals surface area contributed by atoms with E-state index >= 15 is 0 Å². The van der Waals surface area contributed by atoms with Gasteiger partial charge in [-0.1, -0.05) is 38.3 Å². The first-order chi connectivity index (χ1) is 15.5. The van der Waals surface area contributed by atoms with Crippen LogP contribution in [0.1, 0.15) is 55.3 Å². The number of aliphatic imine (C=N–C) groups is 1. The number of nitrogens with two attached hydrogens (primary N) is 2. The minimum atomic E-state index is -0.706. The minimum Gasteiger partial charge on any atom is -0.493 e. The van der Waals surface area contributed by atoms with Gasteiger partial charge in [0, 0.05) is 11.1 Å². The Morgan fingerprint density at radius 1 is 1.22 bits per heavy atom. The van der Waals surface area contributed by atoms with E-state index in [0.717, 1.165) is 25.7 Å². The third kappa shape index (κ3) is 4.44. The summed E-state index contributed by atoms with van der Waals surface area (Å²) in [5.41, 5.74) is 13.6. The summed E-state index contributed by atoms with van der Waals surface area (Å²) < 4.78 is 11.7. The highest BCUT2D eigenvalue weighted by Crippen LogP contribution is 2.45. The predicted octanol–water partition coefficient (Wildman–Crippen LogP) is 3.03. The zero-order valence-electron chi connectivity index (χ0n) is 18.1. The number of methoxy groups -OCH3 is 1. The number of fused-ring (bicyclic) bond motifs is 1. The molecule has 0 spiro atoms. The number of aromatic nitrogens is 1. The number of hydrogen-bond acceptors (Lipinski definition) is 10. The Bertz CT molecular complexity index is 1100. The summed E-state index contributed by atoms with van der Waals surface area (Å²) in [6, 6.07) is 6.76. The lowest BCUT2D eigenvalue weighted by Crippen LogP contribution is -2.33. The number of pyridine rings is 1. The number of guanidine groups is 1. The van der Waals surface area contributed by atoms with Crippen LogP contribution in [0.25, 0.3) is 0 Å². The van der Waals surface area contributed by atoms with Crippen molar-refractivity contribution in [2.75, 3.05) is 30.5 Å². The van der Waals surface area contributed by atoms with Gasteiger partial charge in [0.25, 0.3) is 0 Å². The van der Waals surface area contributed by atoms with Gasteiger partial charge in [-0.25, -0.2) is 9.98 Å². The standard InChI is InChI=1S/C22H26N8O2/c1-3-4-5-6-10-32-19-13(8-7-9-15(19)31-2)18-16-17(25)14(11-23)20(26)29-21(16)30-22(28-18)27-12-24/h7-9,18H,3-6,10H2,1-2H3,(H6,25,26,27,28,29,30). The fourth-order valence-electron chi connectivity index (χ4n) is 3.57. The molecule has 2 aromatic rings. The maximum atomic E-state index is 9.51. The molecule has 0 aliphatic carbocycles. The van der Waals surface area contributed by atoms with Gasteiger partial charge in [0.2, 0.25) is 5.96 Å². The van der Waals surface area contributed by atoms with E-state index in [4.69, 9.17) is 26.2 Å². The van der Waals surface area contributed by atoms with Crippen LogP contribution in [0.4, 0.5) is 17.3 Å². The fourth-order valence-corrected chi connectivity index (χ4v) is 3.57. The Labute approximate surface area is 186 Å². The second kappa shape index (κ2) is 10.2. The van der Waals surface area contributed by atoms with Crippen molar-refractivity contribution in [1.29, 1.82) is 10.5 Å². The van der Waals surface area contributed by atoms with Crippen LogP contribution in [0.15, 0.2) is 23.2 Å². The number of unbranched alkanes of at least 4 members (excludes halogenated alkanes) is 3. The van der Waals surface area contributed by atoms with Crippen LogP contribution in [-0.4, -0.2) is 24.7 Å². The molecule has 3 rings (SSSR count). The van der Waals surface area contributed by atoms with E-state index in [1.165, 1.54) is 0 Å². The second-order valence-electron chi connectivity index (χ2n) is 7.19. The summed E-state index contributed by atoms with van der Waals surface area (Å²) in [6.45, 7) is 2.66. The quantitative estimate of drug-likeness (QED) is 0.277. The van der Waals surface area contributed by atoms with Gasteiger partial charge in [-0.3, -0.25) is 5.32 Å². The molecule has 1 aromatic carbocycles. The van der Waals surface area contributed by atoms with E-state index < -0.39 is 6.04 Å². The van der Waals surface area contributed by atoms with Crippen molar-refractivity contribution in [2.24, 2.45) is 4.99 Å². The molecule has 0 radical (unpaired) electrons. The molecular weight excluding hydrogens is 408 g/mol. The highest BCUT2D eigenvalue weighted by Gasteiger charge is 2.32. The molecule has 1 aliphatic rings. The average Bonchev–Trinajstić information content (AvgIpc) is 2.78. The molecular formula is C22H26N8O2. The van der Waals surface area contributed by atoms with Gasteiger partial charge in [0.15, 0.2) is 17.7 Å². The Hall–Kier alpha value is -4.18. The van der Waals surface area contributed by atoms with Gasteiger partial charge < -0.3 is 26.3 Å². The van der Waals surface area contributed by atoms with Gasteiger partial charge in [0.05, 0.1) is 19.4 Å². The molecule has 2 heterocycles. The zero-order valence-corrected chi connectivity index (χ0v) is 18.1. The number of nitrogens with one attached hydrogen (secondary N) is 2. The maximum Gasteiger partial charge on any atom is 0.211 e. The molecule has 32 heavy (non-hydrogen) atoms. The third-order valence-electron chi connectivity index (χ3n) is 5.13. The molecule has 10 heteroatoms. The van der Waals surface area contributed by atoms with E-state index in [-0.39, 0.29) is 23.0 Å². The molecule has 0 saturated carbocycles. The highest BCUT2D eigenvalue weighted by molar-refractivity contribution is 5.98. The first kappa shape index (κ1) is 22.5. The van der Waals surface area contributed by atoms with Crippen LogP contribution in [0, 0.1) is 22.8 Å². The van der Waals surface area contributed by atoms with Crippen LogP contribution in [-0.2, 0) is 0 Å². The molecule has 0 amide bonds. The Morgan fingerprint density at radius 3 is 2.72 bits per heavy atom. The lowest BCUT2D eigenvalue weighted by Gasteiger charge is -2.27. The first-order valence-electron chi connectivity index (χ1n) is 10.3. The Kier molecular flexibility index (Phi) is 7.19. The minimum absolute atomic E-state index is 0.00810. The number of ether oxygens (including phenoxy) is 2. The second-order valence-corrected chi connectivity index (χ2v) is 7.19. The van der Waals surface area contributed by atoms with Gasteiger partial charge in [-0.15, -0.1) is 0 Å². The molecule has 1 atom stereocenters. The van der Waals surface area contributed by atoms with Crippen molar-refractivity contribution in [3.8, 4) is 23.8 Å². The van der Waals surface area contributed by atoms with E-state index in [0.29, 0.717) is 35.1 Å². The zero-order chi connectivity index (χ0) is 23.1. The SMILES string of the molecule is CCCCCCOc1c(OC)cccc1C1N=C(NC#N)Nc2nc(N)c(C#N)c(N)c21. The number of hydrogen-bond donors (Lipinski definition) is 4. The number of rotatable bonds is 8. The summed E-state index contributed by atoms with van der Waals surface area (Å²) in [4.78, 5) is 8.89. The number of anilines is 3. The molecule has 6 N–H and O–H groups in total. The summed E-state index contributed by atoms with van der Waals surface area (Å²) in [6.07, 6.45) is 6.07. The molecule has 166 valence electrons. The summed E-state index contributed by atoms with van der Waals surface area (Å²) >= 11 is 0. The molecule has 1 aliphatic heterocycles. The number of nitrogen functional groups attached to an aromatic ring is 2. The summed E-state index contributed by atoms with van der Waals surface area (Å²) in [7, 11) is 1.57. The summed E-state index contributed by atoms with van der Waals surface area (Å²) in [5.74, 6) is 1.56. The normalized spacial score (nSPS) is 14.2. The van der Waals surface area contributed by atoms with E-state index in [1.54, 1.807) is 13.2 Å². The third-order valence-corrected chi connectivity index (χ3v) is 5.13. The van der Waals surface area contributed by atoms with Crippen molar-refractivity contribution >= 4 is 23.3 Å². The molecule has 10 nitrogen and oxygen atoms in total. The fraction of sp³-hybridized carbons (Fsp3) is 0.364. The van der Waals surface area contributed by atoms with E-state index in [1.807, 2.05) is 24.4 Å². The monoisotopic (exact) mass is 434 g/mol. The first-order valence-corrected chi connectivity index (χ1v) is 10.3. The van der Waals surface area contributed by atoms with Crippen molar-refractivity contribution in [1.82, 2.24) is 10.3 Å². The molecule has 0 bridgehead atoms. The molecule has 0 fully saturated rings. The van der Waals surface area contributed by atoms with Crippen LogP contribution >= 0.6 is 0 Å². The van der Waals surface area contributed by atoms with E-state index in [2.05, 4.69) is 27.5 Å². The Balaban J connectivity index is 2.12. The maximum absolute atomic E-state index is 9.51. The van der Waals surface area contributed by atoms with Crippen molar-refractivity contribution in [3.63, 3.8) is 0 Å². The van der Waals surface area contributed by atoms with Gasteiger partial charge >= 0.3 is 0 Å². The van der Waals surface area contributed by atoms with Crippen LogP contribution in [0.2, 0.25) is 0 Å². The van der Waals surface area contributed by atoms with Gasteiger partial charge in [-0.05, 0) is 12.5 Å². The van der Waals surface area contributed by atoms with Crippen LogP contribution in [0.3, 0.4) is 0 Å². The lowest BCUT2D eigenvalue weighted by atomic mass is 9.94. The molecule has 1 aromatic heterocycles.